The third-order valence-electron chi connectivity index (χ3n) is 2.96. The highest BCUT2D eigenvalue weighted by atomic mass is 79.9. The monoisotopic (exact) mass is 301 g/mol. The van der Waals surface area contributed by atoms with E-state index in [1.54, 1.807) is 14.2 Å². The molecule has 0 saturated carbocycles. The summed E-state index contributed by atoms with van der Waals surface area (Å²) in [6.07, 6.45) is 0.923. The molecular formula is C13H20BrNO2. The lowest BCUT2D eigenvalue weighted by molar-refractivity contribution is 0.393. The molecule has 0 aliphatic heterocycles. The van der Waals surface area contributed by atoms with E-state index in [1.165, 1.54) is 5.56 Å². The van der Waals surface area contributed by atoms with Gasteiger partial charge in [0.15, 0.2) is 0 Å². The minimum Gasteiger partial charge on any atom is -0.496 e. The van der Waals surface area contributed by atoms with Crippen molar-refractivity contribution in [1.29, 1.82) is 0 Å². The van der Waals surface area contributed by atoms with Gasteiger partial charge in [-0.2, -0.15) is 0 Å². The molecule has 1 aromatic rings. The highest BCUT2D eigenvalue weighted by molar-refractivity contribution is 9.09. The van der Waals surface area contributed by atoms with Crippen LogP contribution in [0, 0.1) is 13.8 Å². The minimum atomic E-state index is 0.803. The Labute approximate surface area is 112 Å². The van der Waals surface area contributed by atoms with Crippen LogP contribution in [0.2, 0.25) is 0 Å². The molecule has 0 aliphatic rings. The lowest BCUT2D eigenvalue weighted by atomic mass is 10.0. The van der Waals surface area contributed by atoms with Gasteiger partial charge in [0.2, 0.25) is 0 Å². The van der Waals surface area contributed by atoms with Gasteiger partial charge in [0, 0.05) is 6.54 Å². The molecule has 0 radical (unpaired) electrons. The minimum absolute atomic E-state index is 0.803. The molecule has 4 heteroatoms. The molecule has 0 fully saturated rings. The fraction of sp³-hybridized carbons (Fsp3) is 0.538. The molecule has 1 N–H and O–H groups in total. The lowest BCUT2D eigenvalue weighted by Crippen LogP contribution is -2.15. The van der Waals surface area contributed by atoms with Crippen molar-refractivity contribution in [3.63, 3.8) is 0 Å². The molecule has 0 saturated heterocycles. The van der Waals surface area contributed by atoms with E-state index < -0.39 is 0 Å². The van der Waals surface area contributed by atoms with Crippen LogP contribution in [0.5, 0.6) is 11.5 Å². The molecule has 3 nitrogen and oxygen atoms in total. The molecule has 0 heterocycles. The molecule has 0 atom stereocenters. The molecule has 0 bridgehead atoms. The van der Waals surface area contributed by atoms with Crippen molar-refractivity contribution in [1.82, 2.24) is 5.32 Å². The van der Waals surface area contributed by atoms with E-state index >= 15 is 0 Å². The summed E-state index contributed by atoms with van der Waals surface area (Å²) in [5.41, 5.74) is 4.28. The number of methoxy groups -OCH3 is 2. The van der Waals surface area contributed by atoms with Crippen LogP contribution >= 0.6 is 15.9 Å². The summed E-state index contributed by atoms with van der Waals surface area (Å²) in [5, 5.41) is 3.24. The van der Waals surface area contributed by atoms with Crippen LogP contribution in [0.3, 0.4) is 0 Å². The summed E-state index contributed by atoms with van der Waals surface area (Å²) in [4.78, 5) is 0. The Kier molecular flexibility index (Phi) is 5.78. The Morgan fingerprint density at radius 2 is 1.88 bits per heavy atom. The van der Waals surface area contributed by atoms with Gasteiger partial charge in [-0.3, -0.25) is 0 Å². The predicted molar refractivity (Wildman–Crippen MR) is 74.5 cm³/mol. The number of hydrogen-bond donors (Lipinski definition) is 1. The smallest absolute Gasteiger partial charge is 0.125 e. The maximum absolute atomic E-state index is 5.49. The molecular weight excluding hydrogens is 282 g/mol. The first-order chi connectivity index (χ1) is 8.15. The molecule has 1 rings (SSSR count). The number of halogens is 1. The highest BCUT2D eigenvalue weighted by Crippen LogP contribution is 2.33. The molecule has 0 aromatic heterocycles. The number of alkyl halides is 1. The summed E-state index contributed by atoms with van der Waals surface area (Å²) < 4.78 is 10.9. The average molecular weight is 302 g/mol. The van der Waals surface area contributed by atoms with Gasteiger partial charge in [0.05, 0.1) is 19.7 Å². The fourth-order valence-corrected chi connectivity index (χ4v) is 2.18. The van der Waals surface area contributed by atoms with Gasteiger partial charge in [0.1, 0.15) is 11.5 Å². The number of ether oxygens (including phenoxy) is 2. The van der Waals surface area contributed by atoms with E-state index in [4.69, 9.17) is 9.47 Å². The van der Waals surface area contributed by atoms with Crippen molar-refractivity contribution < 1.29 is 9.47 Å². The second kappa shape index (κ2) is 6.87. The number of benzene rings is 1. The van der Waals surface area contributed by atoms with Gasteiger partial charge in [-0.25, -0.2) is 0 Å². The fourth-order valence-electron chi connectivity index (χ4n) is 1.90. The van der Waals surface area contributed by atoms with Crippen molar-refractivity contribution in [2.24, 2.45) is 0 Å². The molecule has 96 valence electrons. The van der Waals surface area contributed by atoms with Crippen LogP contribution < -0.4 is 14.8 Å². The van der Waals surface area contributed by atoms with E-state index in [2.05, 4.69) is 41.2 Å². The van der Waals surface area contributed by atoms with Crippen LogP contribution in [-0.4, -0.2) is 26.2 Å². The van der Waals surface area contributed by atoms with Gasteiger partial charge in [-0.15, -0.1) is 0 Å². The third-order valence-corrected chi connectivity index (χ3v) is 3.36. The van der Waals surface area contributed by atoms with E-state index in [0.29, 0.717) is 0 Å². The third kappa shape index (κ3) is 3.36. The zero-order valence-corrected chi connectivity index (χ0v) is 12.5. The molecule has 1 aromatic carbocycles. The first-order valence-electron chi connectivity index (χ1n) is 5.63. The first kappa shape index (κ1) is 14.3. The van der Waals surface area contributed by atoms with E-state index in [-0.39, 0.29) is 0 Å². The quantitative estimate of drug-likeness (QED) is 0.498. The maximum Gasteiger partial charge on any atom is 0.125 e. The number of nitrogens with one attached hydrogen (secondary N) is 1. The summed E-state index contributed by atoms with van der Waals surface area (Å²) in [7, 11) is 3.42. The van der Waals surface area contributed by atoms with Gasteiger partial charge in [-0.05, 0) is 43.0 Å². The van der Waals surface area contributed by atoms with Gasteiger partial charge in [-0.1, -0.05) is 15.9 Å². The standard InChI is InChI=1S/C13H20BrNO2/c1-9-10(2)13(17-4)11(5-6-15-8-14)7-12(9)16-3/h7,15H,5-6,8H2,1-4H3. The van der Waals surface area contributed by atoms with Crippen LogP contribution in [0.4, 0.5) is 0 Å². The highest BCUT2D eigenvalue weighted by Gasteiger charge is 2.13. The summed E-state index contributed by atoms with van der Waals surface area (Å²) in [6.45, 7) is 5.03. The SMILES string of the molecule is COc1cc(CCNCBr)c(OC)c(C)c1C. The second-order valence-corrected chi connectivity index (χ2v) is 4.47. The molecule has 0 aliphatic carbocycles. The number of rotatable bonds is 6. The Morgan fingerprint density at radius 1 is 1.18 bits per heavy atom. The average Bonchev–Trinajstić information content (AvgIpc) is 2.34. The van der Waals surface area contributed by atoms with Crippen molar-refractivity contribution in [3.8, 4) is 11.5 Å². The Hall–Kier alpha value is -0.740. The first-order valence-corrected chi connectivity index (χ1v) is 6.75. The van der Waals surface area contributed by atoms with Gasteiger partial charge in [0.25, 0.3) is 0 Å². The zero-order valence-electron chi connectivity index (χ0n) is 10.9. The number of hydrogen-bond acceptors (Lipinski definition) is 3. The topological polar surface area (TPSA) is 30.5 Å². The second-order valence-electron chi connectivity index (χ2n) is 3.90. The van der Waals surface area contributed by atoms with Crippen molar-refractivity contribution in [2.45, 2.75) is 20.3 Å². The molecule has 0 amide bonds. The Bertz CT molecular complexity index is 380. The molecule has 0 spiro atoms. The maximum atomic E-state index is 5.49. The normalized spacial score (nSPS) is 10.4. The van der Waals surface area contributed by atoms with Crippen molar-refractivity contribution in [3.05, 3.63) is 22.8 Å². The zero-order chi connectivity index (χ0) is 12.8. The van der Waals surface area contributed by atoms with E-state index in [1.807, 2.05) is 0 Å². The summed E-state index contributed by atoms with van der Waals surface area (Å²) in [5.74, 6) is 1.90. The van der Waals surface area contributed by atoms with E-state index in [0.717, 1.165) is 41.0 Å². The molecule has 17 heavy (non-hydrogen) atoms. The Morgan fingerprint density at radius 3 is 2.41 bits per heavy atom. The Balaban J connectivity index is 3.04. The predicted octanol–water partition coefficient (Wildman–Crippen LogP) is 2.81. The summed E-state index contributed by atoms with van der Waals surface area (Å²) >= 11 is 3.35. The van der Waals surface area contributed by atoms with Gasteiger partial charge < -0.3 is 14.8 Å². The van der Waals surface area contributed by atoms with Crippen molar-refractivity contribution in [2.75, 3.05) is 26.2 Å². The van der Waals surface area contributed by atoms with Gasteiger partial charge >= 0.3 is 0 Å². The largest absolute Gasteiger partial charge is 0.496 e. The van der Waals surface area contributed by atoms with Crippen LogP contribution in [0.25, 0.3) is 0 Å². The van der Waals surface area contributed by atoms with Crippen molar-refractivity contribution >= 4 is 15.9 Å². The van der Waals surface area contributed by atoms with E-state index in [9.17, 15) is 0 Å². The lowest BCUT2D eigenvalue weighted by Gasteiger charge is -2.16. The molecule has 0 unspecified atom stereocenters. The van der Waals surface area contributed by atoms with Crippen LogP contribution in [-0.2, 0) is 6.42 Å². The van der Waals surface area contributed by atoms with Crippen LogP contribution in [0.1, 0.15) is 16.7 Å². The van der Waals surface area contributed by atoms with Crippen LogP contribution in [0.15, 0.2) is 6.07 Å². The summed E-state index contributed by atoms with van der Waals surface area (Å²) in [6, 6.07) is 2.07.